The van der Waals surface area contributed by atoms with Crippen LogP contribution >= 0.6 is 0 Å². The maximum absolute atomic E-state index is 12.5. The van der Waals surface area contributed by atoms with E-state index in [1.54, 1.807) is 31.2 Å². The van der Waals surface area contributed by atoms with Crippen molar-refractivity contribution in [2.75, 3.05) is 6.54 Å². The summed E-state index contributed by atoms with van der Waals surface area (Å²) in [6.07, 6.45) is -0.0605. The summed E-state index contributed by atoms with van der Waals surface area (Å²) in [4.78, 5) is 39.4. The van der Waals surface area contributed by atoms with Gasteiger partial charge in [-0.05, 0) is 19.1 Å². The number of amides is 1. The van der Waals surface area contributed by atoms with Gasteiger partial charge in [0, 0.05) is 13.0 Å². The Morgan fingerprint density at radius 1 is 1.32 bits per heavy atom. The van der Waals surface area contributed by atoms with Gasteiger partial charge in [0.2, 0.25) is 5.91 Å². The molecule has 2 rings (SSSR count). The van der Waals surface area contributed by atoms with E-state index >= 15 is 0 Å². The fraction of sp³-hybridized carbons (Fsp3) is 0.333. The zero-order valence-corrected chi connectivity index (χ0v) is 12.2. The molecule has 0 aliphatic carbocycles. The molecule has 0 atom stereocenters. The van der Waals surface area contributed by atoms with E-state index in [-0.39, 0.29) is 30.9 Å². The highest BCUT2D eigenvalue weighted by Gasteiger charge is 2.14. The van der Waals surface area contributed by atoms with Gasteiger partial charge >= 0.3 is 5.97 Å². The zero-order valence-electron chi connectivity index (χ0n) is 12.2. The normalized spacial score (nSPS) is 10.6. The fourth-order valence-electron chi connectivity index (χ4n) is 2.18. The third kappa shape index (κ3) is 3.49. The highest BCUT2D eigenvalue weighted by atomic mass is 16.4. The van der Waals surface area contributed by atoms with Gasteiger partial charge in [-0.3, -0.25) is 19.0 Å². The number of nitrogens with zero attached hydrogens (tertiary/aromatic N) is 2. The Labute approximate surface area is 126 Å². The van der Waals surface area contributed by atoms with Crippen LogP contribution in [0, 0.1) is 0 Å². The quantitative estimate of drug-likeness (QED) is 0.811. The Hall–Kier alpha value is -2.70. The van der Waals surface area contributed by atoms with Crippen LogP contribution in [-0.2, 0) is 22.6 Å². The molecule has 0 radical (unpaired) electrons. The molecular weight excluding hydrogens is 286 g/mol. The van der Waals surface area contributed by atoms with Crippen LogP contribution < -0.4 is 10.9 Å². The molecule has 0 fully saturated rings. The van der Waals surface area contributed by atoms with Gasteiger partial charge in [0.15, 0.2) is 0 Å². The monoisotopic (exact) mass is 303 g/mol. The van der Waals surface area contributed by atoms with Crippen LogP contribution in [-0.4, -0.2) is 33.1 Å². The lowest BCUT2D eigenvalue weighted by molar-refractivity contribution is -0.137. The van der Waals surface area contributed by atoms with Crippen molar-refractivity contribution in [3.05, 3.63) is 40.4 Å². The molecule has 0 aliphatic heterocycles. The lowest BCUT2D eigenvalue weighted by Crippen LogP contribution is -2.34. The largest absolute Gasteiger partial charge is 0.481 e. The van der Waals surface area contributed by atoms with Gasteiger partial charge in [-0.1, -0.05) is 12.1 Å². The molecule has 0 bridgehead atoms. The fourth-order valence-corrected chi connectivity index (χ4v) is 2.18. The van der Waals surface area contributed by atoms with Crippen LogP contribution in [0.15, 0.2) is 29.1 Å². The number of carbonyl (C=O) groups excluding carboxylic acids is 1. The first-order chi connectivity index (χ1) is 10.5. The summed E-state index contributed by atoms with van der Waals surface area (Å²) in [5.41, 5.74) is 0.164. The van der Waals surface area contributed by atoms with E-state index in [0.717, 1.165) is 0 Å². The summed E-state index contributed by atoms with van der Waals surface area (Å²) in [6.45, 7) is 2.07. The Bertz CT molecular complexity index is 767. The van der Waals surface area contributed by atoms with Crippen molar-refractivity contribution in [1.29, 1.82) is 0 Å². The number of hydrogen-bond acceptors (Lipinski definition) is 4. The molecule has 2 aromatic rings. The second-order valence-corrected chi connectivity index (χ2v) is 4.78. The smallest absolute Gasteiger partial charge is 0.303 e. The molecule has 0 saturated heterocycles. The SMILES string of the molecule is CCNC(=O)Cn1c(CCC(=O)O)nc2ccccc2c1=O. The van der Waals surface area contributed by atoms with Crippen molar-refractivity contribution < 1.29 is 14.7 Å². The summed E-state index contributed by atoms with van der Waals surface area (Å²) in [5, 5.41) is 11.8. The number of para-hydroxylation sites is 1. The number of aryl methyl sites for hydroxylation is 1. The van der Waals surface area contributed by atoms with E-state index in [1.807, 2.05) is 0 Å². The Balaban J connectivity index is 2.50. The number of rotatable bonds is 6. The number of carboxylic acid groups (broad SMARTS) is 1. The topological polar surface area (TPSA) is 101 Å². The molecule has 2 N–H and O–H groups in total. The molecule has 0 unspecified atom stereocenters. The standard InChI is InChI=1S/C15H17N3O4/c1-2-16-13(19)9-18-12(7-8-14(20)21)17-11-6-4-3-5-10(11)15(18)22/h3-6H,2,7-9H2,1H3,(H,16,19)(H,20,21). The summed E-state index contributed by atoms with van der Waals surface area (Å²) < 4.78 is 1.25. The van der Waals surface area contributed by atoms with Gasteiger partial charge in [0.25, 0.3) is 5.56 Å². The first-order valence-corrected chi connectivity index (χ1v) is 7.00. The number of likely N-dealkylation sites (N-methyl/N-ethyl adjacent to an activating group) is 1. The molecule has 22 heavy (non-hydrogen) atoms. The molecule has 1 aromatic heterocycles. The van der Waals surface area contributed by atoms with Crippen molar-refractivity contribution in [3.8, 4) is 0 Å². The minimum atomic E-state index is -0.980. The van der Waals surface area contributed by atoms with Crippen LogP contribution in [0.3, 0.4) is 0 Å². The van der Waals surface area contributed by atoms with Gasteiger partial charge in [-0.25, -0.2) is 4.98 Å². The van der Waals surface area contributed by atoms with Crippen molar-refractivity contribution in [2.45, 2.75) is 26.3 Å². The van der Waals surface area contributed by atoms with E-state index in [9.17, 15) is 14.4 Å². The van der Waals surface area contributed by atoms with Crippen molar-refractivity contribution >= 4 is 22.8 Å². The first-order valence-electron chi connectivity index (χ1n) is 7.00. The average molecular weight is 303 g/mol. The summed E-state index contributed by atoms with van der Waals surface area (Å²) >= 11 is 0. The number of aromatic nitrogens is 2. The summed E-state index contributed by atoms with van der Waals surface area (Å²) in [6, 6.07) is 6.81. The van der Waals surface area contributed by atoms with Crippen LogP contribution in [0.2, 0.25) is 0 Å². The van der Waals surface area contributed by atoms with E-state index in [0.29, 0.717) is 23.3 Å². The van der Waals surface area contributed by atoms with Gasteiger partial charge in [-0.15, -0.1) is 0 Å². The van der Waals surface area contributed by atoms with Crippen LogP contribution in [0.1, 0.15) is 19.2 Å². The lowest BCUT2D eigenvalue weighted by atomic mass is 10.2. The average Bonchev–Trinajstić information content (AvgIpc) is 2.48. The number of carbonyl (C=O) groups is 2. The Morgan fingerprint density at radius 2 is 2.05 bits per heavy atom. The number of carboxylic acids is 1. The molecular formula is C15H17N3O4. The lowest BCUT2D eigenvalue weighted by Gasteiger charge is -2.12. The van der Waals surface area contributed by atoms with E-state index < -0.39 is 5.97 Å². The molecule has 0 spiro atoms. The Morgan fingerprint density at radius 3 is 2.73 bits per heavy atom. The Kier molecular flexibility index (Phi) is 4.88. The maximum atomic E-state index is 12.5. The van der Waals surface area contributed by atoms with E-state index in [4.69, 9.17) is 5.11 Å². The third-order valence-corrected chi connectivity index (χ3v) is 3.18. The molecule has 1 amide bonds. The molecule has 0 saturated carbocycles. The minimum Gasteiger partial charge on any atom is -0.481 e. The van der Waals surface area contributed by atoms with E-state index in [2.05, 4.69) is 10.3 Å². The van der Waals surface area contributed by atoms with Crippen LogP contribution in [0.25, 0.3) is 10.9 Å². The number of hydrogen-bond donors (Lipinski definition) is 2. The van der Waals surface area contributed by atoms with Crippen molar-refractivity contribution in [3.63, 3.8) is 0 Å². The summed E-state index contributed by atoms with van der Waals surface area (Å²) in [7, 11) is 0. The molecule has 1 aromatic carbocycles. The van der Waals surface area contributed by atoms with Gasteiger partial charge in [0.05, 0.1) is 17.3 Å². The molecule has 0 aliphatic rings. The molecule has 116 valence electrons. The second-order valence-electron chi connectivity index (χ2n) is 4.78. The van der Waals surface area contributed by atoms with Crippen LogP contribution in [0.4, 0.5) is 0 Å². The predicted octanol–water partition coefficient (Wildman–Crippen LogP) is 0.550. The maximum Gasteiger partial charge on any atom is 0.303 e. The van der Waals surface area contributed by atoms with Gasteiger partial charge < -0.3 is 10.4 Å². The highest BCUT2D eigenvalue weighted by molar-refractivity contribution is 5.79. The molecule has 7 heteroatoms. The van der Waals surface area contributed by atoms with Gasteiger partial charge in [0.1, 0.15) is 12.4 Å². The summed E-state index contributed by atoms with van der Waals surface area (Å²) in [5.74, 6) is -0.984. The minimum absolute atomic E-state index is 0.0921. The van der Waals surface area contributed by atoms with Gasteiger partial charge in [-0.2, -0.15) is 0 Å². The second kappa shape index (κ2) is 6.84. The third-order valence-electron chi connectivity index (χ3n) is 3.18. The number of benzene rings is 1. The van der Waals surface area contributed by atoms with Crippen molar-refractivity contribution in [2.24, 2.45) is 0 Å². The van der Waals surface area contributed by atoms with Crippen molar-refractivity contribution in [1.82, 2.24) is 14.9 Å². The van der Waals surface area contributed by atoms with E-state index in [1.165, 1.54) is 4.57 Å². The first kappa shape index (κ1) is 15.7. The molecule has 7 nitrogen and oxygen atoms in total. The highest BCUT2D eigenvalue weighted by Crippen LogP contribution is 2.09. The van der Waals surface area contributed by atoms with Crippen LogP contribution in [0.5, 0.6) is 0 Å². The number of nitrogens with one attached hydrogen (secondary N) is 1. The zero-order chi connectivity index (χ0) is 16.1. The number of fused-ring (bicyclic) bond motifs is 1. The molecule has 1 heterocycles. The predicted molar refractivity (Wildman–Crippen MR) is 80.6 cm³/mol. The number of aliphatic carboxylic acids is 1.